The predicted octanol–water partition coefficient (Wildman–Crippen LogP) is 3.68. The summed E-state index contributed by atoms with van der Waals surface area (Å²) in [7, 11) is 0. The highest BCUT2D eigenvalue weighted by molar-refractivity contribution is 7.12. The second-order valence-electron chi connectivity index (χ2n) is 5.29. The van der Waals surface area contributed by atoms with Gasteiger partial charge in [-0.2, -0.15) is 0 Å². The molecule has 0 radical (unpaired) electrons. The molecule has 2 unspecified atom stereocenters. The Kier molecular flexibility index (Phi) is 3.37. The lowest BCUT2D eigenvalue weighted by atomic mass is 10.0. The van der Waals surface area contributed by atoms with Crippen molar-refractivity contribution in [3.63, 3.8) is 0 Å². The van der Waals surface area contributed by atoms with Gasteiger partial charge >= 0.3 is 0 Å². The van der Waals surface area contributed by atoms with Crippen LogP contribution in [0.2, 0.25) is 0 Å². The Morgan fingerprint density at radius 3 is 2.72 bits per heavy atom. The molecule has 98 valence electrons. The van der Waals surface area contributed by atoms with Crippen molar-refractivity contribution in [2.75, 3.05) is 0 Å². The van der Waals surface area contributed by atoms with E-state index in [4.69, 9.17) is 11.6 Å². The van der Waals surface area contributed by atoms with Gasteiger partial charge < -0.3 is 4.90 Å². The van der Waals surface area contributed by atoms with Crippen LogP contribution in [0.5, 0.6) is 0 Å². The second-order valence-corrected chi connectivity index (χ2v) is 6.83. The van der Waals surface area contributed by atoms with Crippen LogP contribution in [0.25, 0.3) is 0 Å². The third kappa shape index (κ3) is 1.97. The highest BCUT2D eigenvalue weighted by atomic mass is 35.5. The summed E-state index contributed by atoms with van der Waals surface area (Å²) < 4.78 is 0. The van der Waals surface area contributed by atoms with Gasteiger partial charge in [0, 0.05) is 17.5 Å². The molecule has 2 aliphatic rings. The number of hydrogen-bond acceptors (Lipinski definition) is 2. The highest BCUT2D eigenvalue weighted by Gasteiger charge is 2.43. The van der Waals surface area contributed by atoms with E-state index in [1.165, 1.54) is 5.56 Å². The van der Waals surface area contributed by atoms with E-state index in [2.05, 4.69) is 17.9 Å². The molecule has 3 heterocycles. The number of nitrogens with zero attached hydrogens (tertiary/aromatic N) is 1. The largest absolute Gasteiger partial charge is 0.332 e. The molecule has 18 heavy (non-hydrogen) atoms. The third-order valence-corrected chi connectivity index (χ3v) is 5.53. The SMILES string of the molecule is CCc1ccsc1C(=O)N1C2CCC1CC(Cl)C2. The fourth-order valence-electron chi connectivity index (χ4n) is 3.36. The molecule has 0 saturated carbocycles. The number of hydrogen-bond donors (Lipinski definition) is 0. The molecule has 0 aliphatic carbocycles. The van der Waals surface area contributed by atoms with Gasteiger partial charge in [0.2, 0.25) is 0 Å². The lowest BCUT2D eigenvalue weighted by Gasteiger charge is -2.37. The zero-order chi connectivity index (χ0) is 12.7. The van der Waals surface area contributed by atoms with E-state index in [-0.39, 0.29) is 11.3 Å². The van der Waals surface area contributed by atoms with Crippen LogP contribution in [-0.2, 0) is 6.42 Å². The lowest BCUT2D eigenvalue weighted by Crippen LogP contribution is -2.46. The van der Waals surface area contributed by atoms with Gasteiger partial charge in [-0.05, 0) is 49.1 Å². The van der Waals surface area contributed by atoms with Crippen LogP contribution in [0, 0.1) is 0 Å². The number of aryl methyl sites for hydroxylation is 1. The first kappa shape index (κ1) is 12.5. The zero-order valence-corrected chi connectivity index (χ0v) is 12.1. The van der Waals surface area contributed by atoms with E-state index in [0.717, 1.165) is 37.0 Å². The van der Waals surface area contributed by atoms with E-state index >= 15 is 0 Å². The third-order valence-electron chi connectivity index (χ3n) is 4.23. The molecule has 0 spiro atoms. The monoisotopic (exact) mass is 283 g/mol. The van der Waals surface area contributed by atoms with Crippen molar-refractivity contribution < 1.29 is 4.79 Å². The number of amides is 1. The van der Waals surface area contributed by atoms with Crippen molar-refractivity contribution in [3.05, 3.63) is 21.9 Å². The molecule has 2 nitrogen and oxygen atoms in total. The normalized spacial score (nSPS) is 30.8. The minimum atomic E-state index is 0.248. The predicted molar refractivity (Wildman–Crippen MR) is 75.6 cm³/mol. The van der Waals surface area contributed by atoms with Gasteiger partial charge in [0.1, 0.15) is 0 Å². The number of rotatable bonds is 2. The van der Waals surface area contributed by atoms with E-state index in [1.54, 1.807) is 11.3 Å². The minimum absolute atomic E-state index is 0.248. The summed E-state index contributed by atoms with van der Waals surface area (Å²) in [4.78, 5) is 15.8. The Morgan fingerprint density at radius 1 is 1.44 bits per heavy atom. The minimum Gasteiger partial charge on any atom is -0.332 e. The van der Waals surface area contributed by atoms with Crippen LogP contribution >= 0.6 is 22.9 Å². The van der Waals surface area contributed by atoms with E-state index < -0.39 is 0 Å². The Morgan fingerprint density at radius 2 is 2.11 bits per heavy atom. The molecule has 2 saturated heterocycles. The number of piperidine rings is 1. The van der Waals surface area contributed by atoms with Crippen molar-refractivity contribution in [1.82, 2.24) is 4.90 Å². The molecular formula is C14H18ClNOS. The van der Waals surface area contributed by atoms with Crippen LogP contribution in [0.4, 0.5) is 0 Å². The maximum absolute atomic E-state index is 12.7. The summed E-state index contributed by atoms with van der Waals surface area (Å²) in [5.74, 6) is 0.248. The van der Waals surface area contributed by atoms with Crippen molar-refractivity contribution in [1.29, 1.82) is 0 Å². The van der Waals surface area contributed by atoms with E-state index in [9.17, 15) is 4.79 Å². The quantitative estimate of drug-likeness (QED) is 0.758. The highest BCUT2D eigenvalue weighted by Crippen LogP contribution is 2.39. The van der Waals surface area contributed by atoms with Gasteiger partial charge in [-0.25, -0.2) is 0 Å². The van der Waals surface area contributed by atoms with Crippen LogP contribution in [0.15, 0.2) is 11.4 Å². The fraction of sp³-hybridized carbons (Fsp3) is 0.643. The number of fused-ring (bicyclic) bond motifs is 2. The molecular weight excluding hydrogens is 266 g/mol. The van der Waals surface area contributed by atoms with Crippen molar-refractivity contribution in [2.45, 2.75) is 56.5 Å². The summed E-state index contributed by atoms with van der Waals surface area (Å²) in [5, 5.41) is 2.29. The molecule has 1 aromatic heterocycles. The molecule has 4 heteroatoms. The first-order chi connectivity index (χ1) is 8.70. The Bertz CT molecular complexity index is 444. The van der Waals surface area contributed by atoms with Crippen LogP contribution in [0.1, 0.15) is 47.8 Å². The Labute approximate surface area is 117 Å². The van der Waals surface area contributed by atoms with Gasteiger partial charge in [-0.3, -0.25) is 4.79 Å². The fourth-order valence-corrected chi connectivity index (χ4v) is 4.71. The molecule has 2 bridgehead atoms. The van der Waals surface area contributed by atoms with Crippen molar-refractivity contribution in [3.8, 4) is 0 Å². The van der Waals surface area contributed by atoms with Crippen LogP contribution in [-0.4, -0.2) is 28.3 Å². The molecule has 3 rings (SSSR count). The molecule has 0 N–H and O–H groups in total. The average Bonchev–Trinajstić information content (AvgIpc) is 2.92. The van der Waals surface area contributed by atoms with Gasteiger partial charge in [-0.1, -0.05) is 6.92 Å². The molecule has 1 aromatic rings. The van der Waals surface area contributed by atoms with Gasteiger partial charge in [0.15, 0.2) is 0 Å². The molecule has 2 atom stereocenters. The second kappa shape index (κ2) is 4.86. The standard InChI is InChI=1S/C14H18ClNOS/c1-2-9-5-6-18-13(9)14(17)16-11-3-4-12(16)8-10(15)7-11/h5-6,10-12H,2-4,7-8H2,1H3. The summed E-state index contributed by atoms with van der Waals surface area (Å²) >= 11 is 7.85. The topological polar surface area (TPSA) is 20.3 Å². The average molecular weight is 284 g/mol. The summed E-state index contributed by atoms with van der Waals surface area (Å²) in [5.41, 5.74) is 1.19. The Balaban J connectivity index is 1.85. The lowest BCUT2D eigenvalue weighted by molar-refractivity contribution is 0.0603. The zero-order valence-electron chi connectivity index (χ0n) is 10.6. The van der Waals surface area contributed by atoms with E-state index in [1.807, 2.05) is 5.38 Å². The first-order valence-corrected chi connectivity index (χ1v) is 8.05. The van der Waals surface area contributed by atoms with Crippen molar-refractivity contribution >= 4 is 28.8 Å². The molecule has 2 fully saturated rings. The molecule has 1 amide bonds. The summed E-state index contributed by atoms with van der Waals surface area (Å²) in [6.07, 6.45) is 5.14. The van der Waals surface area contributed by atoms with E-state index in [0.29, 0.717) is 12.1 Å². The van der Waals surface area contributed by atoms with Crippen molar-refractivity contribution in [2.24, 2.45) is 0 Å². The smallest absolute Gasteiger partial charge is 0.264 e. The molecule has 2 aliphatic heterocycles. The van der Waals surface area contributed by atoms with Gasteiger partial charge in [0.05, 0.1) is 4.88 Å². The number of carbonyl (C=O) groups excluding carboxylic acids is 1. The van der Waals surface area contributed by atoms with Gasteiger partial charge in [-0.15, -0.1) is 22.9 Å². The molecule has 0 aromatic carbocycles. The maximum atomic E-state index is 12.7. The Hall–Kier alpha value is -0.540. The van der Waals surface area contributed by atoms with Crippen LogP contribution < -0.4 is 0 Å². The maximum Gasteiger partial charge on any atom is 0.264 e. The summed E-state index contributed by atoms with van der Waals surface area (Å²) in [6, 6.07) is 2.84. The number of alkyl halides is 1. The number of thiophene rings is 1. The van der Waals surface area contributed by atoms with Crippen LogP contribution in [0.3, 0.4) is 0 Å². The van der Waals surface area contributed by atoms with Gasteiger partial charge in [0.25, 0.3) is 5.91 Å². The number of halogens is 1. The summed E-state index contributed by atoms with van der Waals surface area (Å²) in [6.45, 7) is 2.11. The first-order valence-electron chi connectivity index (χ1n) is 6.73. The number of carbonyl (C=O) groups is 1.